The summed E-state index contributed by atoms with van der Waals surface area (Å²) < 4.78 is 4.70. The number of anilines is 1. The third kappa shape index (κ3) is 2.89. The molecule has 0 bridgehead atoms. The summed E-state index contributed by atoms with van der Waals surface area (Å²) in [6.45, 7) is 1.28. The van der Waals surface area contributed by atoms with Crippen molar-refractivity contribution in [2.24, 2.45) is 0 Å². The molecule has 1 aliphatic rings. The Morgan fingerprint density at radius 2 is 2.24 bits per heavy atom. The molecule has 1 saturated heterocycles. The van der Waals surface area contributed by atoms with Crippen molar-refractivity contribution in [1.82, 2.24) is 15.0 Å². The quantitative estimate of drug-likeness (QED) is 0.856. The molecule has 110 valence electrons. The largest absolute Gasteiger partial charge is 0.360 e. The Balaban J connectivity index is 1.71. The van der Waals surface area contributed by atoms with Gasteiger partial charge >= 0.3 is 0 Å². The molecule has 0 aliphatic carbocycles. The molecule has 3 rings (SSSR count). The van der Waals surface area contributed by atoms with E-state index in [9.17, 15) is 4.79 Å². The first-order valence-electron chi connectivity index (χ1n) is 7.07. The smallest absolute Gasteiger partial charge is 0.245 e. The molecule has 0 saturated carbocycles. The van der Waals surface area contributed by atoms with Gasteiger partial charge in [-0.1, -0.05) is 23.4 Å². The van der Waals surface area contributed by atoms with Gasteiger partial charge in [0.25, 0.3) is 0 Å². The number of hydrogen-bond acceptors (Lipinski definition) is 5. The van der Waals surface area contributed by atoms with E-state index in [-0.39, 0.29) is 11.9 Å². The highest BCUT2D eigenvalue weighted by Crippen LogP contribution is 2.26. The first kappa shape index (κ1) is 13.6. The Hall–Kier alpha value is -2.37. The van der Waals surface area contributed by atoms with Crippen LogP contribution in [0.2, 0.25) is 0 Å². The van der Waals surface area contributed by atoms with Crippen LogP contribution in [0.3, 0.4) is 0 Å². The van der Waals surface area contributed by atoms with E-state index in [2.05, 4.69) is 15.0 Å². The fraction of sp³-hybridized carbons (Fsp3) is 0.400. The fourth-order valence-electron chi connectivity index (χ4n) is 2.76. The number of hydrogen-bond donors (Lipinski definition) is 0. The van der Waals surface area contributed by atoms with E-state index < -0.39 is 0 Å². The number of amides is 1. The summed E-state index contributed by atoms with van der Waals surface area (Å²) in [5.74, 6) is 0.622. The molecule has 1 amide bonds. The van der Waals surface area contributed by atoms with E-state index in [0.717, 1.165) is 25.1 Å². The zero-order valence-corrected chi connectivity index (χ0v) is 12.0. The topological polar surface area (TPSA) is 62.5 Å². The average molecular weight is 286 g/mol. The Labute approximate surface area is 123 Å². The van der Waals surface area contributed by atoms with Crippen molar-refractivity contribution in [3.05, 3.63) is 42.5 Å². The van der Waals surface area contributed by atoms with Crippen LogP contribution in [0, 0.1) is 0 Å². The summed E-state index contributed by atoms with van der Waals surface area (Å²) >= 11 is 0. The average Bonchev–Trinajstić information content (AvgIpc) is 3.18. The maximum absolute atomic E-state index is 12.7. The molecule has 0 spiro atoms. The van der Waals surface area contributed by atoms with Gasteiger partial charge in [0.05, 0.1) is 6.54 Å². The molecular formula is C15H18N4O2. The van der Waals surface area contributed by atoms with Crippen LogP contribution in [-0.4, -0.2) is 40.6 Å². The van der Waals surface area contributed by atoms with E-state index in [0.29, 0.717) is 12.4 Å². The van der Waals surface area contributed by atoms with Crippen molar-refractivity contribution in [1.29, 1.82) is 0 Å². The summed E-state index contributed by atoms with van der Waals surface area (Å²) in [5, 5.41) is 3.75. The predicted octanol–water partition coefficient (Wildman–Crippen LogP) is 1.70. The molecular weight excluding hydrogens is 268 g/mol. The third-order valence-electron chi connectivity index (χ3n) is 3.79. The second kappa shape index (κ2) is 5.95. The van der Waals surface area contributed by atoms with Crippen molar-refractivity contribution < 1.29 is 9.32 Å². The number of para-hydroxylation sites is 1. The van der Waals surface area contributed by atoms with Gasteiger partial charge in [0.1, 0.15) is 6.04 Å². The highest BCUT2D eigenvalue weighted by Gasteiger charge is 2.32. The van der Waals surface area contributed by atoms with E-state index in [1.807, 2.05) is 30.3 Å². The van der Waals surface area contributed by atoms with Gasteiger partial charge in [-0.25, -0.2) is 0 Å². The van der Waals surface area contributed by atoms with Crippen LogP contribution < -0.4 is 4.90 Å². The van der Waals surface area contributed by atoms with Gasteiger partial charge in [0, 0.05) is 19.3 Å². The highest BCUT2D eigenvalue weighted by molar-refractivity contribution is 5.85. The molecule has 6 heteroatoms. The van der Waals surface area contributed by atoms with Crippen molar-refractivity contribution in [3.8, 4) is 0 Å². The lowest BCUT2D eigenvalue weighted by atomic mass is 10.1. The lowest BCUT2D eigenvalue weighted by Crippen LogP contribution is -2.44. The van der Waals surface area contributed by atoms with Crippen LogP contribution in [0.5, 0.6) is 0 Å². The first-order chi connectivity index (χ1) is 10.3. The lowest BCUT2D eigenvalue weighted by molar-refractivity contribution is -0.131. The minimum atomic E-state index is -0.107. The molecule has 1 aromatic carbocycles. The Morgan fingerprint density at radius 1 is 1.43 bits per heavy atom. The van der Waals surface area contributed by atoms with Gasteiger partial charge in [-0.15, -0.1) is 0 Å². The van der Waals surface area contributed by atoms with Gasteiger partial charge in [-0.05, 0) is 25.0 Å². The van der Waals surface area contributed by atoms with Crippen LogP contribution in [0.1, 0.15) is 18.7 Å². The summed E-state index contributed by atoms with van der Waals surface area (Å²) in [6, 6.07) is 9.97. The molecule has 1 aromatic heterocycles. The third-order valence-corrected chi connectivity index (χ3v) is 3.79. The van der Waals surface area contributed by atoms with Crippen LogP contribution in [0.4, 0.5) is 5.69 Å². The van der Waals surface area contributed by atoms with E-state index in [1.165, 1.54) is 6.39 Å². The summed E-state index contributed by atoms with van der Waals surface area (Å²) in [6.07, 6.45) is 3.19. The van der Waals surface area contributed by atoms with Crippen LogP contribution in [-0.2, 0) is 11.3 Å². The second-order valence-electron chi connectivity index (χ2n) is 5.23. The molecule has 21 heavy (non-hydrogen) atoms. The standard InChI is InChI=1S/C15H18N4O2/c1-18(10-14-16-11-21-17-14)15(20)13-8-5-9-19(13)12-6-3-2-4-7-12/h2-4,6-7,11,13H,5,8-10H2,1H3/t13-/m1/s1. The number of carbonyl (C=O) groups excluding carboxylic acids is 1. The Bertz CT molecular complexity index is 585. The summed E-state index contributed by atoms with van der Waals surface area (Å²) in [7, 11) is 1.78. The SMILES string of the molecule is CN(Cc1ncon1)C(=O)[C@H]1CCCN1c1ccccc1. The zero-order chi connectivity index (χ0) is 14.7. The number of carbonyl (C=O) groups is 1. The molecule has 1 aliphatic heterocycles. The van der Waals surface area contributed by atoms with Crippen molar-refractivity contribution in [3.63, 3.8) is 0 Å². The van der Waals surface area contributed by atoms with Crippen LogP contribution >= 0.6 is 0 Å². The van der Waals surface area contributed by atoms with E-state index >= 15 is 0 Å². The monoisotopic (exact) mass is 286 g/mol. The maximum Gasteiger partial charge on any atom is 0.245 e. The van der Waals surface area contributed by atoms with E-state index in [4.69, 9.17) is 4.52 Å². The molecule has 2 heterocycles. The number of benzene rings is 1. The van der Waals surface area contributed by atoms with Gasteiger partial charge in [0.2, 0.25) is 12.3 Å². The normalized spacial score (nSPS) is 18.0. The van der Waals surface area contributed by atoms with Crippen molar-refractivity contribution in [2.45, 2.75) is 25.4 Å². The first-order valence-corrected chi connectivity index (χ1v) is 7.07. The predicted molar refractivity (Wildman–Crippen MR) is 77.6 cm³/mol. The minimum Gasteiger partial charge on any atom is -0.360 e. The fourth-order valence-corrected chi connectivity index (χ4v) is 2.76. The van der Waals surface area contributed by atoms with Gasteiger partial charge in [-0.3, -0.25) is 4.79 Å². The molecule has 2 aromatic rings. The van der Waals surface area contributed by atoms with E-state index in [1.54, 1.807) is 11.9 Å². The number of likely N-dealkylation sites (N-methyl/N-ethyl adjacent to an activating group) is 1. The molecule has 0 radical (unpaired) electrons. The van der Waals surface area contributed by atoms with Gasteiger partial charge in [0.15, 0.2) is 5.82 Å². The maximum atomic E-state index is 12.7. The lowest BCUT2D eigenvalue weighted by Gasteiger charge is -2.29. The van der Waals surface area contributed by atoms with Gasteiger partial charge in [-0.2, -0.15) is 4.98 Å². The summed E-state index contributed by atoms with van der Waals surface area (Å²) in [4.78, 5) is 20.4. The zero-order valence-electron chi connectivity index (χ0n) is 12.0. The molecule has 0 N–H and O–H groups in total. The molecule has 1 fully saturated rings. The molecule has 0 unspecified atom stereocenters. The number of aromatic nitrogens is 2. The van der Waals surface area contributed by atoms with Crippen molar-refractivity contribution >= 4 is 11.6 Å². The van der Waals surface area contributed by atoms with Crippen LogP contribution in [0.15, 0.2) is 41.2 Å². The second-order valence-corrected chi connectivity index (χ2v) is 5.23. The Kier molecular flexibility index (Phi) is 3.85. The van der Waals surface area contributed by atoms with Crippen molar-refractivity contribution in [2.75, 3.05) is 18.5 Å². The van der Waals surface area contributed by atoms with Crippen LogP contribution in [0.25, 0.3) is 0 Å². The Morgan fingerprint density at radius 3 is 2.95 bits per heavy atom. The highest BCUT2D eigenvalue weighted by atomic mass is 16.5. The molecule has 1 atom stereocenters. The summed E-state index contributed by atoms with van der Waals surface area (Å²) in [5.41, 5.74) is 1.10. The number of nitrogens with zero attached hydrogens (tertiary/aromatic N) is 4. The number of rotatable bonds is 4. The molecule has 6 nitrogen and oxygen atoms in total. The van der Waals surface area contributed by atoms with Gasteiger partial charge < -0.3 is 14.3 Å². The minimum absolute atomic E-state index is 0.0983.